The van der Waals surface area contributed by atoms with Crippen molar-refractivity contribution >= 4 is 35.2 Å². The van der Waals surface area contributed by atoms with Gasteiger partial charge in [-0.05, 0) is 45.3 Å². The molecule has 8 heteroatoms. The molecule has 0 aliphatic carbocycles. The average Bonchev–Trinajstić information content (AvgIpc) is 2.80. The summed E-state index contributed by atoms with van der Waals surface area (Å²) in [5, 5.41) is 12.8. The van der Waals surface area contributed by atoms with Crippen LogP contribution in [0.25, 0.3) is 10.9 Å². The highest BCUT2D eigenvalue weighted by atomic mass is 16.7. The highest BCUT2D eigenvalue weighted by Crippen LogP contribution is 2.37. The molecule has 1 aromatic heterocycles. The zero-order valence-electron chi connectivity index (χ0n) is 16.3. The van der Waals surface area contributed by atoms with Crippen LogP contribution in [0.3, 0.4) is 0 Å². The Morgan fingerprint density at radius 3 is 2.41 bits per heavy atom. The van der Waals surface area contributed by atoms with Crippen LogP contribution in [0.15, 0.2) is 18.2 Å². The second kappa shape index (κ2) is 6.52. The van der Waals surface area contributed by atoms with Crippen molar-refractivity contribution < 1.29 is 18.8 Å². The summed E-state index contributed by atoms with van der Waals surface area (Å²) in [6.07, 6.45) is 0. The summed E-state index contributed by atoms with van der Waals surface area (Å²) >= 11 is 0. The monoisotopic (exact) mass is 367 g/mol. The molecule has 2 heterocycles. The average molecular weight is 367 g/mol. The van der Waals surface area contributed by atoms with Gasteiger partial charge in [0.05, 0.1) is 23.9 Å². The zero-order valence-corrected chi connectivity index (χ0v) is 16.3. The number of benzene rings is 1. The first kappa shape index (κ1) is 19.1. The normalized spacial score (nSPS) is 17.6. The number of anilines is 1. The number of carbonyl (C=O) groups excluding carboxylic acids is 1. The molecule has 140 valence electrons. The third-order valence-electron chi connectivity index (χ3n) is 5.12. The zero-order chi connectivity index (χ0) is 20.0. The lowest BCUT2D eigenvalue weighted by atomic mass is 9.76. The second-order valence-corrected chi connectivity index (χ2v) is 7.52. The van der Waals surface area contributed by atoms with Crippen molar-refractivity contribution in [2.75, 3.05) is 12.4 Å². The molecule has 0 atom stereocenters. The maximum Gasteiger partial charge on any atom is 0.495 e. The molecule has 1 saturated heterocycles. The molecule has 0 radical (unpaired) electrons. The van der Waals surface area contributed by atoms with Crippen LogP contribution in [-0.2, 0) is 14.1 Å². The Hall–Kier alpha value is -2.63. The van der Waals surface area contributed by atoms with Gasteiger partial charge in [0.25, 0.3) is 0 Å². The summed E-state index contributed by atoms with van der Waals surface area (Å²) in [5.41, 5.74) is 0.538. The molecule has 0 unspecified atom stereocenters. The van der Waals surface area contributed by atoms with Crippen LogP contribution in [-0.4, -0.2) is 36.3 Å². The standard InChI is InChI=1S/C19H22BN3O4/c1-11(24)22-17-12(10-21)9-13-14(7-8-15(25-6)16(13)23-17)20-26-18(2,3)19(4,5)27-20/h7-9H,1-6H3,(H,22,23,24). The number of nitrogens with zero attached hydrogens (tertiary/aromatic N) is 2. The maximum atomic E-state index is 11.5. The van der Waals surface area contributed by atoms with E-state index in [-0.39, 0.29) is 17.3 Å². The van der Waals surface area contributed by atoms with E-state index in [1.165, 1.54) is 6.92 Å². The minimum absolute atomic E-state index is 0.196. The van der Waals surface area contributed by atoms with E-state index >= 15 is 0 Å². The van der Waals surface area contributed by atoms with Crippen LogP contribution in [0.5, 0.6) is 5.75 Å². The Bertz CT molecular complexity index is 950. The van der Waals surface area contributed by atoms with Crippen molar-refractivity contribution in [3.05, 3.63) is 23.8 Å². The van der Waals surface area contributed by atoms with Crippen LogP contribution >= 0.6 is 0 Å². The molecule has 0 bridgehead atoms. The molecule has 27 heavy (non-hydrogen) atoms. The summed E-state index contributed by atoms with van der Waals surface area (Å²) in [7, 11) is 0.935. The Labute approximate surface area is 158 Å². The topological polar surface area (TPSA) is 93.5 Å². The molecule has 1 N–H and O–H groups in total. The van der Waals surface area contributed by atoms with Crippen LogP contribution < -0.4 is 15.5 Å². The number of ether oxygens (including phenoxy) is 1. The van der Waals surface area contributed by atoms with E-state index in [1.54, 1.807) is 19.2 Å². The third kappa shape index (κ3) is 3.24. The molecule has 1 aliphatic heterocycles. The molecule has 0 saturated carbocycles. The van der Waals surface area contributed by atoms with E-state index < -0.39 is 18.3 Å². The molecule has 7 nitrogen and oxygen atoms in total. The van der Waals surface area contributed by atoms with E-state index in [0.717, 1.165) is 5.46 Å². The fourth-order valence-corrected chi connectivity index (χ4v) is 2.94. The van der Waals surface area contributed by atoms with E-state index in [0.29, 0.717) is 16.7 Å². The molecule has 1 aromatic carbocycles. The number of nitriles is 1. The number of methoxy groups -OCH3 is 1. The van der Waals surface area contributed by atoms with Gasteiger partial charge in [-0.2, -0.15) is 5.26 Å². The smallest absolute Gasteiger partial charge is 0.494 e. The lowest BCUT2D eigenvalue weighted by molar-refractivity contribution is -0.114. The summed E-state index contributed by atoms with van der Waals surface area (Å²) < 4.78 is 17.7. The first-order chi connectivity index (χ1) is 12.6. The Morgan fingerprint density at radius 1 is 1.26 bits per heavy atom. The lowest BCUT2D eigenvalue weighted by Crippen LogP contribution is -2.41. The van der Waals surface area contributed by atoms with Crippen LogP contribution in [0.1, 0.15) is 40.2 Å². The minimum Gasteiger partial charge on any atom is -0.494 e. The van der Waals surface area contributed by atoms with Gasteiger partial charge in [0, 0.05) is 12.3 Å². The van der Waals surface area contributed by atoms with Crippen LogP contribution in [0.4, 0.5) is 5.82 Å². The number of hydrogen-bond acceptors (Lipinski definition) is 6. The van der Waals surface area contributed by atoms with Gasteiger partial charge in [-0.1, -0.05) is 6.07 Å². The quantitative estimate of drug-likeness (QED) is 0.838. The lowest BCUT2D eigenvalue weighted by Gasteiger charge is -2.32. The van der Waals surface area contributed by atoms with Gasteiger partial charge < -0.3 is 19.4 Å². The van der Waals surface area contributed by atoms with Crippen molar-refractivity contribution in [3.8, 4) is 11.8 Å². The van der Waals surface area contributed by atoms with Crippen LogP contribution in [0, 0.1) is 11.3 Å². The number of nitrogens with one attached hydrogen (secondary N) is 1. The van der Waals surface area contributed by atoms with Gasteiger partial charge in [0.15, 0.2) is 5.82 Å². The number of pyridine rings is 1. The third-order valence-corrected chi connectivity index (χ3v) is 5.12. The summed E-state index contributed by atoms with van der Waals surface area (Å²) in [4.78, 5) is 15.9. The molecule has 1 aliphatic rings. The van der Waals surface area contributed by atoms with Gasteiger partial charge in [-0.3, -0.25) is 4.79 Å². The van der Waals surface area contributed by atoms with E-state index in [2.05, 4.69) is 16.4 Å². The van der Waals surface area contributed by atoms with Gasteiger partial charge in [0.1, 0.15) is 17.3 Å². The molecule has 0 spiro atoms. The largest absolute Gasteiger partial charge is 0.495 e. The van der Waals surface area contributed by atoms with Crippen molar-refractivity contribution in [1.29, 1.82) is 5.26 Å². The van der Waals surface area contributed by atoms with E-state index in [1.807, 2.05) is 33.8 Å². The first-order valence-electron chi connectivity index (χ1n) is 8.64. The molecule has 1 fully saturated rings. The maximum absolute atomic E-state index is 11.5. The Morgan fingerprint density at radius 2 is 1.89 bits per heavy atom. The number of rotatable bonds is 3. The summed E-state index contributed by atoms with van der Waals surface area (Å²) in [5.74, 6) is 0.419. The Balaban J connectivity index is 2.21. The van der Waals surface area contributed by atoms with Gasteiger partial charge in [-0.15, -0.1) is 0 Å². The molecule has 1 amide bonds. The van der Waals surface area contributed by atoms with E-state index in [9.17, 15) is 10.1 Å². The second-order valence-electron chi connectivity index (χ2n) is 7.52. The number of amides is 1. The summed E-state index contributed by atoms with van der Waals surface area (Å²) in [6.45, 7) is 9.28. The van der Waals surface area contributed by atoms with Gasteiger partial charge in [-0.25, -0.2) is 4.98 Å². The van der Waals surface area contributed by atoms with E-state index in [4.69, 9.17) is 14.0 Å². The number of aromatic nitrogens is 1. The number of fused-ring (bicyclic) bond motifs is 1. The van der Waals surface area contributed by atoms with Crippen molar-refractivity contribution in [2.24, 2.45) is 0 Å². The first-order valence-corrected chi connectivity index (χ1v) is 8.64. The van der Waals surface area contributed by atoms with Crippen molar-refractivity contribution in [2.45, 2.75) is 45.8 Å². The molecule has 2 aromatic rings. The van der Waals surface area contributed by atoms with Gasteiger partial charge in [0.2, 0.25) is 5.91 Å². The highest BCUT2D eigenvalue weighted by Gasteiger charge is 2.52. The van der Waals surface area contributed by atoms with Crippen molar-refractivity contribution in [3.63, 3.8) is 0 Å². The van der Waals surface area contributed by atoms with Gasteiger partial charge >= 0.3 is 7.12 Å². The van der Waals surface area contributed by atoms with Crippen LogP contribution in [0.2, 0.25) is 0 Å². The molecular formula is C19H22BN3O4. The summed E-state index contributed by atoms with van der Waals surface area (Å²) in [6, 6.07) is 7.39. The number of carbonyl (C=O) groups is 1. The SMILES string of the molecule is COc1ccc(B2OC(C)(C)C(C)(C)O2)c2cc(C#N)c(NC(C)=O)nc12. The fourth-order valence-electron chi connectivity index (χ4n) is 2.94. The highest BCUT2D eigenvalue weighted by molar-refractivity contribution is 6.65. The molecule has 3 rings (SSSR count). The number of hydrogen-bond donors (Lipinski definition) is 1. The van der Waals surface area contributed by atoms with Crippen molar-refractivity contribution in [1.82, 2.24) is 4.98 Å². The molecular weight excluding hydrogens is 345 g/mol. The predicted molar refractivity (Wildman–Crippen MR) is 103 cm³/mol. The predicted octanol–water partition coefficient (Wildman–Crippen LogP) is 2.37. The minimum atomic E-state index is -0.608. The Kier molecular flexibility index (Phi) is 4.62. The fraction of sp³-hybridized carbons (Fsp3) is 0.421.